The van der Waals surface area contributed by atoms with E-state index < -0.39 is 9.84 Å². The second-order valence-corrected chi connectivity index (χ2v) is 9.27. The first-order chi connectivity index (χ1) is 13.6. The Morgan fingerprint density at radius 3 is 2.52 bits per heavy atom. The smallest absolute Gasteiger partial charge is 0.191 e. The molecule has 0 spiro atoms. The van der Waals surface area contributed by atoms with Crippen molar-refractivity contribution in [2.24, 2.45) is 4.99 Å². The average molecular weight is 538 g/mol. The van der Waals surface area contributed by atoms with Crippen molar-refractivity contribution in [2.45, 2.75) is 62.9 Å². The lowest BCUT2D eigenvalue weighted by atomic mass is 9.98. The summed E-state index contributed by atoms with van der Waals surface area (Å²) < 4.78 is 30.5. The number of rotatable bonds is 11. The fraction of sp³-hybridized carbons (Fsp3) is 0.667. The lowest BCUT2D eigenvalue weighted by Crippen LogP contribution is -2.38. The zero-order chi connectivity index (χ0) is 20.1. The number of sulfone groups is 1. The molecule has 0 atom stereocenters. The number of benzene rings is 1. The molecule has 0 radical (unpaired) electrons. The van der Waals surface area contributed by atoms with Gasteiger partial charge in [-0.3, -0.25) is 4.99 Å². The van der Waals surface area contributed by atoms with Crippen molar-refractivity contribution in [3.63, 3.8) is 0 Å². The number of halogens is 1. The van der Waals surface area contributed by atoms with Gasteiger partial charge in [-0.2, -0.15) is 0 Å². The van der Waals surface area contributed by atoms with Crippen LogP contribution in [0.3, 0.4) is 0 Å². The molecule has 1 aromatic carbocycles. The molecule has 6 nitrogen and oxygen atoms in total. The molecule has 1 fully saturated rings. The third-order valence-corrected chi connectivity index (χ3v) is 6.62. The molecule has 0 saturated heterocycles. The molecule has 0 bridgehead atoms. The maximum absolute atomic E-state index is 12.3. The predicted molar refractivity (Wildman–Crippen MR) is 130 cm³/mol. The molecule has 1 saturated carbocycles. The molecule has 0 unspecified atom stereocenters. The fourth-order valence-electron chi connectivity index (χ4n) is 3.29. The van der Waals surface area contributed by atoms with E-state index in [2.05, 4.69) is 15.6 Å². The highest BCUT2D eigenvalue weighted by Crippen LogP contribution is 2.20. The Kier molecular flexibility index (Phi) is 13.5. The summed E-state index contributed by atoms with van der Waals surface area (Å²) in [5, 5.41) is 6.50. The Morgan fingerprint density at radius 2 is 1.83 bits per heavy atom. The summed E-state index contributed by atoms with van der Waals surface area (Å²) in [5.74, 6) is 0.840. The Labute approximate surface area is 193 Å². The lowest BCUT2D eigenvalue weighted by molar-refractivity contribution is 0.0277. The van der Waals surface area contributed by atoms with Crippen molar-refractivity contribution in [3.05, 3.63) is 30.3 Å². The van der Waals surface area contributed by atoms with Crippen molar-refractivity contribution < 1.29 is 13.2 Å². The zero-order valence-corrected chi connectivity index (χ0v) is 20.6. The van der Waals surface area contributed by atoms with Gasteiger partial charge in [0.2, 0.25) is 0 Å². The van der Waals surface area contributed by atoms with Crippen LogP contribution in [0.15, 0.2) is 40.2 Å². The van der Waals surface area contributed by atoms with E-state index >= 15 is 0 Å². The molecule has 2 N–H and O–H groups in total. The summed E-state index contributed by atoms with van der Waals surface area (Å²) in [6, 6.07) is 8.59. The quantitative estimate of drug-likeness (QED) is 0.195. The van der Waals surface area contributed by atoms with Crippen LogP contribution in [0.4, 0.5) is 0 Å². The van der Waals surface area contributed by atoms with Crippen LogP contribution in [0.1, 0.15) is 51.9 Å². The summed E-state index contributed by atoms with van der Waals surface area (Å²) in [4.78, 5) is 4.86. The molecule has 2 rings (SSSR count). The van der Waals surface area contributed by atoms with E-state index in [1.54, 1.807) is 24.3 Å². The van der Waals surface area contributed by atoms with Gasteiger partial charge in [0, 0.05) is 26.2 Å². The van der Waals surface area contributed by atoms with E-state index in [0.29, 0.717) is 24.0 Å². The monoisotopic (exact) mass is 537 g/mol. The molecule has 0 aliphatic heterocycles. The van der Waals surface area contributed by atoms with Gasteiger partial charge in [0.05, 0.1) is 16.8 Å². The van der Waals surface area contributed by atoms with Crippen molar-refractivity contribution in [1.82, 2.24) is 10.6 Å². The molecule has 1 aliphatic carbocycles. The van der Waals surface area contributed by atoms with Crippen LogP contribution in [0, 0.1) is 0 Å². The minimum absolute atomic E-state index is 0. The zero-order valence-electron chi connectivity index (χ0n) is 17.4. The number of ether oxygens (including phenoxy) is 1. The first-order valence-corrected chi connectivity index (χ1v) is 12.2. The first-order valence-electron chi connectivity index (χ1n) is 10.5. The number of nitrogens with one attached hydrogen (secondary N) is 2. The van der Waals surface area contributed by atoms with E-state index in [-0.39, 0.29) is 29.7 Å². The number of hydrogen-bond acceptors (Lipinski definition) is 4. The van der Waals surface area contributed by atoms with Gasteiger partial charge >= 0.3 is 0 Å². The van der Waals surface area contributed by atoms with E-state index in [9.17, 15) is 8.42 Å². The van der Waals surface area contributed by atoms with Crippen LogP contribution in [0.5, 0.6) is 0 Å². The summed E-state index contributed by atoms with van der Waals surface area (Å²) in [5.41, 5.74) is 0. The van der Waals surface area contributed by atoms with Crippen LogP contribution >= 0.6 is 24.0 Å². The Balaban J connectivity index is 0.00000420. The van der Waals surface area contributed by atoms with E-state index in [1.165, 1.54) is 32.1 Å². The Morgan fingerprint density at radius 1 is 1.10 bits per heavy atom. The van der Waals surface area contributed by atoms with Gasteiger partial charge in [0.1, 0.15) is 0 Å². The van der Waals surface area contributed by atoms with E-state index in [1.807, 2.05) is 13.0 Å². The summed E-state index contributed by atoms with van der Waals surface area (Å²) in [6.07, 6.45) is 8.20. The normalized spacial score (nSPS) is 15.6. The third-order valence-electron chi connectivity index (χ3n) is 4.81. The highest BCUT2D eigenvalue weighted by Gasteiger charge is 2.14. The largest absolute Gasteiger partial charge is 0.378 e. The molecule has 0 amide bonds. The molecular formula is C21H36IN3O3S. The van der Waals surface area contributed by atoms with Gasteiger partial charge in [0.25, 0.3) is 0 Å². The summed E-state index contributed by atoms with van der Waals surface area (Å²) in [7, 11) is -3.23. The maximum atomic E-state index is 12.3. The predicted octanol–water partition coefficient (Wildman–Crippen LogP) is 3.76. The van der Waals surface area contributed by atoms with Crippen molar-refractivity contribution in [2.75, 3.05) is 32.0 Å². The summed E-state index contributed by atoms with van der Waals surface area (Å²) in [6.45, 7) is 4.82. The second-order valence-electron chi connectivity index (χ2n) is 7.16. The molecule has 8 heteroatoms. The fourth-order valence-corrected chi connectivity index (χ4v) is 4.61. The highest BCUT2D eigenvalue weighted by molar-refractivity contribution is 14.0. The van der Waals surface area contributed by atoms with Gasteiger partial charge in [0.15, 0.2) is 15.8 Å². The summed E-state index contributed by atoms with van der Waals surface area (Å²) >= 11 is 0. The number of nitrogens with zero attached hydrogens (tertiary/aromatic N) is 1. The third kappa shape index (κ3) is 10.6. The van der Waals surface area contributed by atoms with Gasteiger partial charge in [-0.1, -0.05) is 37.5 Å². The molecule has 29 heavy (non-hydrogen) atoms. The molecule has 166 valence electrons. The molecular weight excluding hydrogens is 501 g/mol. The second kappa shape index (κ2) is 15.0. The van der Waals surface area contributed by atoms with E-state index in [0.717, 1.165) is 32.1 Å². The minimum Gasteiger partial charge on any atom is -0.378 e. The van der Waals surface area contributed by atoms with Crippen molar-refractivity contribution >= 4 is 39.8 Å². The molecule has 0 aromatic heterocycles. The lowest BCUT2D eigenvalue weighted by Gasteiger charge is -2.22. The molecule has 1 aliphatic rings. The minimum atomic E-state index is -3.23. The molecule has 0 heterocycles. The average Bonchev–Trinajstić information content (AvgIpc) is 2.72. The van der Waals surface area contributed by atoms with Crippen LogP contribution in [-0.4, -0.2) is 52.5 Å². The topological polar surface area (TPSA) is 79.8 Å². The number of aliphatic imine (C=N–C) groups is 1. The number of guanidine groups is 1. The Hall–Kier alpha value is -0.870. The van der Waals surface area contributed by atoms with Crippen LogP contribution in [0.25, 0.3) is 0 Å². The van der Waals surface area contributed by atoms with Gasteiger partial charge in [-0.05, 0) is 44.7 Å². The highest BCUT2D eigenvalue weighted by atomic mass is 127. The van der Waals surface area contributed by atoms with Gasteiger partial charge < -0.3 is 15.4 Å². The standard InChI is InChI=1S/C21H35N3O3S.HI/c1-2-22-21(23-15-9-17-27-19-11-5-3-6-12-19)24-16-10-18-28(25,26)20-13-7-4-8-14-20;/h4,7-8,13-14,19H,2-3,5-6,9-12,15-18H2,1H3,(H2,22,23,24);1H. The number of hydrogen-bond donors (Lipinski definition) is 2. The Bertz CT molecular complexity index is 678. The first kappa shape index (κ1) is 26.2. The van der Waals surface area contributed by atoms with Crippen molar-refractivity contribution in [3.8, 4) is 0 Å². The van der Waals surface area contributed by atoms with Gasteiger partial charge in [-0.25, -0.2) is 8.42 Å². The van der Waals surface area contributed by atoms with Crippen LogP contribution in [0.2, 0.25) is 0 Å². The van der Waals surface area contributed by atoms with Crippen LogP contribution < -0.4 is 10.6 Å². The van der Waals surface area contributed by atoms with Crippen molar-refractivity contribution in [1.29, 1.82) is 0 Å². The molecule has 1 aromatic rings. The van der Waals surface area contributed by atoms with Gasteiger partial charge in [-0.15, -0.1) is 24.0 Å². The maximum Gasteiger partial charge on any atom is 0.191 e. The van der Waals surface area contributed by atoms with E-state index in [4.69, 9.17) is 4.74 Å². The van der Waals surface area contributed by atoms with Crippen LogP contribution in [-0.2, 0) is 14.6 Å². The SMILES string of the molecule is CCNC(=NCCCS(=O)(=O)c1ccccc1)NCCCOC1CCCCC1.I.